The lowest BCUT2D eigenvalue weighted by molar-refractivity contribution is 0.0303. The minimum absolute atomic E-state index is 0.0427. The summed E-state index contributed by atoms with van der Waals surface area (Å²) in [7, 11) is 0. The summed E-state index contributed by atoms with van der Waals surface area (Å²) in [6.07, 6.45) is 4.76. The first-order valence-electron chi connectivity index (χ1n) is 8.43. The van der Waals surface area contributed by atoms with Gasteiger partial charge in [-0.15, -0.1) is 0 Å². The number of aliphatic hydroxyl groups excluding tert-OH is 1. The molecule has 1 aliphatic heterocycles. The summed E-state index contributed by atoms with van der Waals surface area (Å²) in [5, 5.41) is 13.5. The lowest BCUT2D eigenvalue weighted by Gasteiger charge is -2.47. The van der Waals surface area contributed by atoms with Crippen LogP contribution in [-0.2, 0) is 0 Å². The van der Waals surface area contributed by atoms with Gasteiger partial charge in [0.1, 0.15) is 0 Å². The monoisotopic (exact) mass is 283 g/mol. The number of nitrogens with zero attached hydrogens (tertiary/aromatic N) is 2. The number of piperazine rings is 1. The molecule has 2 fully saturated rings. The van der Waals surface area contributed by atoms with Gasteiger partial charge in [-0.2, -0.15) is 0 Å². The molecule has 0 spiro atoms. The molecule has 0 amide bonds. The molecule has 1 heterocycles. The third-order valence-corrected chi connectivity index (χ3v) is 5.09. The van der Waals surface area contributed by atoms with E-state index in [-0.39, 0.29) is 12.1 Å². The first kappa shape index (κ1) is 16.2. The van der Waals surface area contributed by atoms with Crippen molar-refractivity contribution in [1.82, 2.24) is 15.1 Å². The van der Waals surface area contributed by atoms with Gasteiger partial charge in [-0.1, -0.05) is 20.8 Å². The predicted octanol–water partition coefficient (Wildman–Crippen LogP) is 1.30. The van der Waals surface area contributed by atoms with Crippen LogP contribution in [0.2, 0.25) is 0 Å². The Hall–Kier alpha value is -0.160. The van der Waals surface area contributed by atoms with E-state index < -0.39 is 0 Å². The van der Waals surface area contributed by atoms with E-state index in [9.17, 15) is 5.11 Å². The standard InChI is InChI=1S/C16H33N3O/c1-4-18-8-10-19(11-9-18)15-6-5-7-16(12-15,13-20)17-14(2)3/h14-15,17,20H,4-13H2,1-3H3. The van der Waals surface area contributed by atoms with Gasteiger partial charge in [-0.25, -0.2) is 0 Å². The van der Waals surface area contributed by atoms with Gasteiger partial charge in [0.15, 0.2) is 0 Å². The SMILES string of the molecule is CCN1CCN(C2CCCC(CO)(NC(C)C)C2)CC1. The zero-order valence-electron chi connectivity index (χ0n) is 13.6. The zero-order chi connectivity index (χ0) is 14.6. The molecular formula is C16H33N3O. The largest absolute Gasteiger partial charge is 0.394 e. The molecule has 2 rings (SSSR count). The van der Waals surface area contributed by atoms with E-state index in [0.717, 1.165) is 12.8 Å². The Bertz CT molecular complexity index is 289. The molecule has 2 aliphatic rings. The van der Waals surface area contributed by atoms with E-state index in [1.807, 2.05) is 0 Å². The summed E-state index contributed by atoms with van der Waals surface area (Å²) in [6.45, 7) is 12.9. The van der Waals surface area contributed by atoms with Crippen molar-refractivity contribution >= 4 is 0 Å². The van der Waals surface area contributed by atoms with Crippen LogP contribution < -0.4 is 5.32 Å². The van der Waals surface area contributed by atoms with Crippen molar-refractivity contribution in [3.8, 4) is 0 Å². The normalized spacial score (nSPS) is 33.8. The van der Waals surface area contributed by atoms with E-state index >= 15 is 0 Å². The molecule has 2 N–H and O–H groups in total. The molecule has 2 atom stereocenters. The van der Waals surface area contributed by atoms with E-state index in [0.29, 0.717) is 12.1 Å². The highest BCUT2D eigenvalue weighted by molar-refractivity contribution is 4.97. The summed E-state index contributed by atoms with van der Waals surface area (Å²) >= 11 is 0. The third-order valence-electron chi connectivity index (χ3n) is 5.09. The molecule has 1 aliphatic carbocycles. The maximum absolute atomic E-state index is 9.90. The van der Waals surface area contributed by atoms with Crippen LogP contribution in [0, 0.1) is 0 Å². The first-order chi connectivity index (χ1) is 9.58. The Morgan fingerprint density at radius 1 is 1.25 bits per heavy atom. The fraction of sp³-hybridized carbons (Fsp3) is 1.00. The van der Waals surface area contributed by atoms with Gasteiger partial charge in [0, 0.05) is 43.8 Å². The Kier molecular flexibility index (Phi) is 5.84. The van der Waals surface area contributed by atoms with Crippen molar-refractivity contribution in [2.24, 2.45) is 0 Å². The molecule has 1 saturated heterocycles. The summed E-state index contributed by atoms with van der Waals surface area (Å²) < 4.78 is 0. The summed E-state index contributed by atoms with van der Waals surface area (Å²) in [6, 6.07) is 1.10. The van der Waals surface area contributed by atoms with Crippen LogP contribution in [0.5, 0.6) is 0 Å². The van der Waals surface area contributed by atoms with E-state index in [1.165, 1.54) is 45.6 Å². The van der Waals surface area contributed by atoms with Gasteiger partial charge < -0.3 is 15.3 Å². The molecular weight excluding hydrogens is 250 g/mol. The van der Waals surface area contributed by atoms with Crippen molar-refractivity contribution in [3.05, 3.63) is 0 Å². The van der Waals surface area contributed by atoms with E-state index in [1.54, 1.807) is 0 Å². The Balaban J connectivity index is 1.92. The minimum Gasteiger partial charge on any atom is -0.394 e. The second-order valence-corrected chi connectivity index (χ2v) is 6.96. The molecule has 0 bridgehead atoms. The lowest BCUT2D eigenvalue weighted by Crippen LogP contribution is -2.59. The Morgan fingerprint density at radius 3 is 2.50 bits per heavy atom. The Labute approximate surface area is 124 Å². The van der Waals surface area contributed by atoms with Crippen molar-refractivity contribution in [3.63, 3.8) is 0 Å². The van der Waals surface area contributed by atoms with Gasteiger partial charge in [-0.05, 0) is 32.2 Å². The molecule has 2 unspecified atom stereocenters. The molecule has 1 saturated carbocycles. The smallest absolute Gasteiger partial charge is 0.0613 e. The fourth-order valence-electron chi connectivity index (χ4n) is 4.02. The van der Waals surface area contributed by atoms with Crippen molar-refractivity contribution < 1.29 is 5.11 Å². The van der Waals surface area contributed by atoms with Crippen LogP contribution in [0.1, 0.15) is 46.5 Å². The predicted molar refractivity (Wildman–Crippen MR) is 84.0 cm³/mol. The van der Waals surface area contributed by atoms with Crippen LogP contribution >= 0.6 is 0 Å². The summed E-state index contributed by atoms with van der Waals surface area (Å²) in [5.74, 6) is 0. The second kappa shape index (κ2) is 7.21. The highest BCUT2D eigenvalue weighted by Crippen LogP contribution is 2.32. The van der Waals surface area contributed by atoms with Gasteiger partial charge in [-0.3, -0.25) is 4.90 Å². The molecule has 20 heavy (non-hydrogen) atoms. The van der Waals surface area contributed by atoms with Gasteiger partial charge in [0.2, 0.25) is 0 Å². The maximum Gasteiger partial charge on any atom is 0.0613 e. The molecule has 0 aromatic carbocycles. The van der Waals surface area contributed by atoms with Crippen molar-refractivity contribution in [2.75, 3.05) is 39.3 Å². The third kappa shape index (κ3) is 3.94. The quantitative estimate of drug-likeness (QED) is 0.798. The van der Waals surface area contributed by atoms with E-state index in [4.69, 9.17) is 0 Å². The van der Waals surface area contributed by atoms with Gasteiger partial charge in [0.25, 0.3) is 0 Å². The van der Waals surface area contributed by atoms with Gasteiger partial charge >= 0.3 is 0 Å². The highest BCUT2D eigenvalue weighted by Gasteiger charge is 2.38. The van der Waals surface area contributed by atoms with Crippen molar-refractivity contribution in [2.45, 2.75) is 64.1 Å². The van der Waals surface area contributed by atoms with Crippen molar-refractivity contribution in [1.29, 1.82) is 0 Å². The molecule has 0 aromatic heterocycles. The zero-order valence-corrected chi connectivity index (χ0v) is 13.6. The number of hydrogen-bond donors (Lipinski definition) is 2. The van der Waals surface area contributed by atoms with Crippen LogP contribution in [0.3, 0.4) is 0 Å². The fourth-order valence-corrected chi connectivity index (χ4v) is 4.02. The molecule has 0 aromatic rings. The number of aliphatic hydroxyl groups is 1. The van der Waals surface area contributed by atoms with Crippen LogP contribution in [0.25, 0.3) is 0 Å². The topological polar surface area (TPSA) is 38.7 Å². The minimum atomic E-state index is -0.0427. The van der Waals surface area contributed by atoms with Gasteiger partial charge in [0.05, 0.1) is 6.61 Å². The molecule has 4 heteroatoms. The van der Waals surface area contributed by atoms with E-state index in [2.05, 4.69) is 35.9 Å². The number of rotatable bonds is 5. The number of likely N-dealkylation sites (N-methyl/N-ethyl adjacent to an activating group) is 1. The van der Waals surface area contributed by atoms with Crippen LogP contribution in [-0.4, -0.2) is 71.9 Å². The molecule has 0 radical (unpaired) electrons. The maximum atomic E-state index is 9.90. The average molecular weight is 283 g/mol. The number of hydrogen-bond acceptors (Lipinski definition) is 4. The summed E-state index contributed by atoms with van der Waals surface area (Å²) in [4.78, 5) is 5.20. The summed E-state index contributed by atoms with van der Waals surface area (Å²) in [5.41, 5.74) is -0.0427. The van der Waals surface area contributed by atoms with Crippen LogP contribution in [0.15, 0.2) is 0 Å². The number of nitrogens with one attached hydrogen (secondary N) is 1. The first-order valence-corrected chi connectivity index (χ1v) is 8.43. The lowest BCUT2D eigenvalue weighted by atomic mass is 9.78. The molecule has 118 valence electrons. The van der Waals surface area contributed by atoms with Crippen LogP contribution in [0.4, 0.5) is 0 Å². The average Bonchev–Trinajstić information content (AvgIpc) is 2.47. The second-order valence-electron chi connectivity index (χ2n) is 6.96. The Morgan fingerprint density at radius 2 is 1.95 bits per heavy atom. The highest BCUT2D eigenvalue weighted by atomic mass is 16.3. The molecule has 4 nitrogen and oxygen atoms in total.